The fraction of sp³-hybridized carbons (Fsp3) is 0.684. The Morgan fingerprint density at radius 1 is 1.23 bits per heavy atom. The van der Waals surface area contributed by atoms with Crippen molar-refractivity contribution in [1.29, 1.82) is 0 Å². The van der Waals surface area contributed by atoms with Crippen molar-refractivity contribution in [1.82, 2.24) is 20.1 Å². The number of hydrogen-bond acceptors (Lipinski definition) is 4. The molecule has 1 aliphatic carbocycles. The Kier molecular flexibility index (Phi) is 8.90. The average molecular weight is 472 g/mol. The monoisotopic (exact) mass is 472 g/mol. The number of nitrogens with zero attached hydrogens (tertiary/aromatic N) is 5. The number of likely N-dealkylation sites (N-methyl/N-ethyl adjacent to an activating group) is 1. The lowest BCUT2D eigenvalue weighted by Gasteiger charge is -2.37. The van der Waals surface area contributed by atoms with Crippen LogP contribution in [0.1, 0.15) is 26.7 Å². The van der Waals surface area contributed by atoms with Gasteiger partial charge in [0.1, 0.15) is 5.82 Å². The third-order valence-electron chi connectivity index (χ3n) is 5.01. The average Bonchev–Trinajstić information content (AvgIpc) is 3.50. The summed E-state index contributed by atoms with van der Waals surface area (Å²) < 4.78 is 0. The molecule has 1 aromatic heterocycles. The maximum absolute atomic E-state index is 4.89. The molecule has 3 rings (SSSR count). The van der Waals surface area contributed by atoms with Crippen LogP contribution in [0.2, 0.25) is 0 Å². The molecule has 26 heavy (non-hydrogen) atoms. The van der Waals surface area contributed by atoms with E-state index in [1.807, 2.05) is 12.3 Å². The van der Waals surface area contributed by atoms with Gasteiger partial charge in [0.2, 0.25) is 0 Å². The summed E-state index contributed by atoms with van der Waals surface area (Å²) in [5, 5.41) is 3.47. The van der Waals surface area contributed by atoms with Gasteiger partial charge in [0.05, 0.1) is 6.54 Å². The second-order valence-corrected chi connectivity index (χ2v) is 6.76. The van der Waals surface area contributed by atoms with Crippen LogP contribution >= 0.6 is 24.0 Å². The normalized spacial score (nSPS) is 18.0. The molecule has 146 valence electrons. The number of aromatic nitrogens is 1. The summed E-state index contributed by atoms with van der Waals surface area (Å²) in [5.41, 5.74) is 0. The minimum Gasteiger partial charge on any atom is -0.357 e. The fourth-order valence-electron chi connectivity index (χ4n) is 3.44. The number of nitrogens with one attached hydrogen (secondary N) is 1. The highest BCUT2D eigenvalue weighted by Gasteiger charge is 2.27. The zero-order valence-corrected chi connectivity index (χ0v) is 18.4. The van der Waals surface area contributed by atoms with Gasteiger partial charge in [-0.3, -0.25) is 9.89 Å². The van der Waals surface area contributed by atoms with Crippen LogP contribution < -0.4 is 10.2 Å². The van der Waals surface area contributed by atoms with Crippen LogP contribution in [0.15, 0.2) is 29.4 Å². The molecule has 1 N–H and O–H groups in total. The van der Waals surface area contributed by atoms with Crippen molar-refractivity contribution in [3.63, 3.8) is 0 Å². The van der Waals surface area contributed by atoms with Gasteiger partial charge in [-0.2, -0.15) is 0 Å². The third kappa shape index (κ3) is 5.97. The van der Waals surface area contributed by atoms with Crippen LogP contribution in [-0.2, 0) is 0 Å². The van der Waals surface area contributed by atoms with Crippen LogP contribution in [0.25, 0.3) is 0 Å². The van der Waals surface area contributed by atoms with Crippen molar-refractivity contribution >= 4 is 35.8 Å². The summed E-state index contributed by atoms with van der Waals surface area (Å²) in [7, 11) is 0. The summed E-state index contributed by atoms with van der Waals surface area (Å²) in [5.74, 6) is 2.14. The topological polar surface area (TPSA) is 47.0 Å². The number of aliphatic imine (C=N–C) groups is 1. The van der Waals surface area contributed by atoms with Crippen LogP contribution in [0.5, 0.6) is 0 Å². The lowest BCUT2D eigenvalue weighted by atomic mass is 10.3. The highest BCUT2D eigenvalue weighted by atomic mass is 127. The van der Waals surface area contributed by atoms with Gasteiger partial charge < -0.3 is 15.1 Å². The first-order valence-electron chi connectivity index (χ1n) is 9.75. The van der Waals surface area contributed by atoms with E-state index in [0.717, 1.165) is 70.2 Å². The maximum atomic E-state index is 4.89. The highest BCUT2D eigenvalue weighted by molar-refractivity contribution is 14.0. The molecule has 0 bridgehead atoms. The van der Waals surface area contributed by atoms with E-state index in [1.54, 1.807) is 0 Å². The van der Waals surface area contributed by atoms with Gasteiger partial charge in [-0.05, 0) is 38.4 Å². The summed E-state index contributed by atoms with van der Waals surface area (Å²) >= 11 is 0. The fourth-order valence-corrected chi connectivity index (χ4v) is 3.44. The Hall–Kier alpha value is -1.09. The Balaban J connectivity index is 0.00000243. The highest BCUT2D eigenvalue weighted by Crippen LogP contribution is 2.25. The van der Waals surface area contributed by atoms with Crippen LogP contribution in [0.3, 0.4) is 0 Å². The number of piperazine rings is 1. The molecular formula is C19H33IN6. The Bertz CT molecular complexity index is 540. The Morgan fingerprint density at radius 2 is 2.00 bits per heavy atom. The maximum Gasteiger partial charge on any atom is 0.194 e. The minimum atomic E-state index is 0. The molecule has 1 saturated heterocycles. The molecule has 1 aromatic rings. The molecule has 2 heterocycles. The summed E-state index contributed by atoms with van der Waals surface area (Å²) in [6.07, 6.45) is 4.60. The molecule has 0 unspecified atom stereocenters. The molecule has 0 aromatic carbocycles. The van der Waals surface area contributed by atoms with Gasteiger partial charge >= 0.3 is 0 Å². The second-order valence-electron chi connectivity index (χ2n) is 6.76. The SMILES string of the molecule is CCNC(=NCCN(CC)C1CC1)N1CCN(c2ccccn2)CC1.I. The first-order valence-corrected chi connectivity index (χ1v) is 9.75. The third-order valence-corrected chi connectivity index (χ3v) is 5.01. The number of pyridine rings is 1. The summed E-state index contributed by atoms with van der Waals surface area (Å²) in [6, 6.07) is 6.94. The number of guanidine groups is 1. The molecule has 0 spiro atoms. The summed E-state index contributed by atoms with van der Waals surface area (Å²) in [4.78, 5) is 16.7. The molecule has 0 amide bonds. The smallest absolute Gasteiger partial charge is 0.194 e. The molecular weight excluding hydrogens is 439 g/mol. The van der Waals surface area contributed by atoms with Crippen molar-refractivity contribution in [2.24, 2.45) is 4.99 Å². The number of hydrogen-bond donors (Lipinski definition) is 1. The van der Waals surface area contributed by atoms with E-state index < -0.39 is 0 Å². The van der Waals surface area contributed by atoms with Crippen LogP contribution in [0, 0.1) is 0 Å². The van der Waals surface area contributed by atoms with Crippen molar-refractivity contribution in [3.8, 4) is 0 Å². The molecule has 0 radical (unpaired) electrons. The summed E-state index contributed by atoms with van der Waals surface area (Å²) in [6.45, 7) is 12.4. The Labute approximate surface area is 175 Å². The first-order chi connectivity index (χ1) is 12.3. The van der Waals surface area contributed by atoms with Crippen molar-refractivity contribution in [2.75, 3.05) is 57.3 Å². The van der Waals surface area contributed by atoms with Crippen molar-refractivity contribution < 1.29 is 0 Å². The number of rotatable bonds is 7. The number of anilines is 1. The van der Waals surface area contributed by atoms with Gasteiger partial charge in [-0.25, -0.2) is 4.98 Å². The number of halogens is 1. The molecule has 1 saturated carbocycles. The predicted molar refractivity (Wildman–Crippen MR) is 120 cm³/mol. The van der Waals surface area contributed by atoms with E-state index in [-0.39, 0.29) is 24.0 Å². The van der Waals surface area contributed by atoms with Crippen LogP contribution in [0.4, 0.5) is 5.82 Å². The van der Waals surface area contributed by atoms with Crippen molar-refractivity contribution in [2.45, 2.75) is 32.7 Å². The van der Waals surface area contributed by atoms with E-state index in [4.69, 9.17) is 4.99 Å². The van der Waals surface area contributed by atoms with E-state index in [9.17, 15) is 0 Å². The first kappa shape index (κ1) is 21.2. The lowest BCUT2D eigenvalue weighted by molar-refractivity contribution is 0.285. The van der Waals surface area contributed by atoms with E-state index >= 15 is 0 Å². The zero-order valence-electron chi connectivity index (χ0n) is 16.1. The van der Waals surface area contributed by atoms with Gasteiger partial charge in [-0.15, -0.1) is 24.0 Å². The molecule has 7 heteroatoms. The molecule has 0 atom stereocenters. The largest absolute Gasteiger partial charge is 0.357 e. The molecule has 6 nitrogen and oxygen atoms in total. The lowest BCUT2D eigenvalue weighted by Crippen LogP contribution is -2.52. The zero-order chi connectivity index (χ0) is 17.5. The van der Waals surface area contributed by atoms with Crippen LogP contribution in [-0.4, -0.2) is 79.1 Å². The van der Waals surface area contributed by atoms with Crippen molar-refractivity contribution in [3.05, 3.63) is 24.4 Å². The standard InChI is InChI=1S/C19H32N6.HI/c1-3-20-19(22-11-12-23(4-2)17-8-9-17)25-15-13-24(14-16-25)18-7-5-6-10-21-18;/h5-7,10,17H,3-4,8-9,11-16H2,1-2H3,(H,20,22);1H. The van der Waals surface area contributed by atoms with E-state index in [2.05, 4.69) is 51.0 Å². The predicted octanol–water partition coefficient (Wildman–Crippen LogP) is 2.27. The molecule has 2 fully saturated rings. The van der Waals surface area contributed by atoms with Gasteiger partial charge in [0.15, 0.2) is 5.96 Å². The minimum absolute atomic E-state index is 0. The van der Waals surface area contributed by atoms with E-state index in [0.29, 0.717) is 0 Å². The van der Waals surface area contributed by atoms with E-state index in [1.165, 1.54) is 12.8 Å². The van der Waals surface area contributed by atoms with Gasteiger partial charge in [0, 0.05) is 51.5 Å². The van der Waals surface area contributed by atoms with Gasteiger partial charge in [0.25, 0.3) is 0 Å². The second kappa shape index (κ2) is 10.9. The molecule has 1 aliphatic heterocycles. The van der Waals surface area contributed by atoms with Gasteiger partial charge in [-0.1, -0.05) is 13.0 Å². The quantitative estimate of drug-likeness (QED) is 0.375. The Morgan fingerprint density at radius 3 is 2.58 bits per heavy atom. The molecule has 2 aliphatic rings.